The summed E-state index contributed by atoms with van der Waals surface area (Å²) < 4.78 is 22.8. The minimum Gasteiger partial charge on any atom is -0.399 e. The molecule has 0 aliphatic carbocycles. The number of nitrogens with two attached hydrogens (primary N) is 1. The van der Waals surface area contributed by atoms with Crippen molar-refractivity contribution in [2.45, 2.75) is 26.2 Å². The molecule has 0 bridgehead atoms. The number of anilines is 2. The lowest BCUT2D eigenvalue weighted by Crippen LogP contribution is -2.37. The maximum Gasteiger partial charge on any atom is 0.234 e. The Morgan fingerprint density at radius 1 is 1.27 bits per heavy atom. The Morgan fingerprint density at radius 3 is 2.45 bits per heavy atom. The number of benzene rings is 1. The Labute approximate surface area is 130 Å². The number of sulfone groups is 1. The molecular weight excluding hydrogens is 304 g/mol. The normalized spacial score (nSPS) is 17.9. The topological polar surface area (TPSA) is 97.5 Å². The zero-order chi connectivity index (χ0) is 16.3. The third-order valence-electron chi connectivity index (χ3n) is 3.83. The maximum absolute atomic E-state index is 12.4. The average Bonchev–Trinajstić information content (AvgIpc) is 2.41. The Bertz CT molecular complexity index is 671. The molecule has 2 N–H and O–H groups in total. The number of nitrogen functional groups attached to an aromatic ring is 1. The first-order valence-electron chi connectivity index (χ1n) is 7.18. The summed E-state index contributed by atoms with van der Waals surface area (Å²) in [6, 6.07) is 6.59. The van der Waals surface area contributed by atoms with Crippen LogP contribution in [-0.4, -0.2) is 31.7 Å². The highest BCUT2D eigenvalue weighted by atomic mass is 32.2. The molecule has 0 unspecified atom stereocenters. The van der Waals surface area contributed by atoms with E-state index in [1.807, 2.05) is 0 Å². The van der Waals surface area contributed by atoms with Crippen molar-refractivity contribution in [2.75, 3.05) is 22.1 Å². The quantitative estimate of drug-likeness (QED) is 0.847. The van der Waals surface area contributed by atoms with Crippen molar-refractivity contribution >= 4 is 33.0 Å². The van der Waals surface area contributed by atoms with E-state index in [1.54, 1.807) is 24.3 Å². The standard InChI is InChI=1S/C15H20N2O4S/c1-11(18)17(14-4-2-3-13(16)10-14)15(19)9-12-5-7-22(20,21)8-6-12/h2-4,10,12H,5-9,16H2,1H3. The molecule has 2 amide bonds. The summed E-state index contributed by atoms with van der Waals surface area (Å²) in [6.45, 7) is 1.33. The second kappa shape index (κ2) is 6.48. The number of carbonyl (C=O) groups is 2. The molecule has 0 radical (unpaired) electrons. The van der Waals surface area contributed by atoms with E-state index in [-0.39, 0.29) is 35.7 Å². The fourth-order valence-corrected chi connectivity index (χ4v) is 4.24. The van der Waals surface area contributed by atoms with Crippen LogP contribution in [0.25, 0.3) is 0 Å². The number of hydrogen-bond donors (Lipinski definition) is 1. The Kier molecular flexibility index (Phi) is 4.85. The third kappa shape index (κ3) is 4.07. The molecule has 0 atom stereocenters. The van der Waals surface area contributed by atoms with E-state index >= 15 is 0 Å². The number of nitrogens with zero attached hydrogens (tertiary/aromatic N) is 1. The molecule has 0 spiro atoms. The van der Waals surface area contributed by atoms with Gasteiger partial charge in [0.1, 0.15) is 9.84 Å². The summed E-state index contributed by atoms with van der Waals surface area (Å²) in [5.74, 6) is -0.465. The van der Waals surface area contributed by atoms with Crippen LogP contribution in [0.3, 0.4) is 0 Å². The van der Waals surface area contributed by atoms with Gasteiger partial charge in [0.2, 0.25) is 11.8 Å². The molecule has 1 aromatic rings. The highest BCUT2D eigenvalue weighted by Gasteiger charge is 2.28. The van der Waals surface area contributed by atoms with Crippen molar-refractivity contribution in [2.24, 2.45) is 5.92 Å². The lowest BCUT2D eigenvalue weighted by molar-refractivity contribution is -0.126. The number of amides is 2. The Balaban J connectivity index is 2.10. The van der Waals surface area contributed by atoms with Crippen LogP contribution in [0.15, 0.2) is 24.3 Å². The zero-order valence-electron chi connectivity index (χ0n) is 12.5. The summed E-state index contributed by atoms with van der Waals surface area (Å²) >= 11 is 0. The van der Waals surface area contributed by atoms with Gasteiger partial charge in [-0.25, -0.2) is 8.42 Å². The Hall–Kier alpha value is -1.89. The predicted molar refractivity (Wildman–Crippen MR) is 85.0 cm³/mol. The Morgan fingerprint density at radius 2 is 1.91 bits per heavy atom. The fourth-order valence-electron chi connectivity index (χ4n) is 2.65. The smallest absolute Gasteiger partial charge is 0.234 e. The molecule has 120 valence electrons. The lowest BCUT2D eigenvalue weighted by atomic mass is 9.98. The van der Waals surface area contributed by atoms with E-state index in [0.29, 0.717) is 24.2 Å². The largest absolute Gasteiger partial charge is 0.399 e. The van der Waals surface area contributed by atoms with Gasteiger partial charge in [-0.05, 0) is 37.0 Å². The summed E-state index contributed by atoms with van der Waals surface area (Å²) in [5.41, 5.74) is 6.61. The molecule has 22 heavy (non-hydrogen) atoms. The third-order valence-corrected chi connectivity index (χ3v) is 5.55. The summed E-state index contributed by atoms with van der Waals surface area (Å²) in [5, 5.41) is 0. The van der Waals surface area contributed by atoms with E-state index in [0.717, 1.165) is 4.90 Å². The molecule has 0 aromatic heterocycles. The second-order valence-electron chi connectivity index (χ2n) is 5.64. The number of carbonyl (C=O) groups excluding carboxylic acids is 2. The van der Waals surface area contributed by atoms with E-state index in [9.17, 15) is 18.0 Å². The predicted octanol–water partition coefficient (Wildman–Crippen LogP) is 1.36. The van der Waals surface area contributed by atoms with E-state index < -0.39 is 9.84 Å². The van der Waals surface area contributed by atoms with Gasteiger partial charge in [0, 0.05) is 19.0 Å². The van der Waals surface area contributed by atoms with Gasteiger partial charge in [0.15, 0.2) is 0 Å². The van der Waals surface area contributed by atoms with Crippen molar-refractivity contribution < 1.29 is 18.0 Å². The molecule has 1 aromatic carbocycles. The van der Waals surface area contributed by atoms with Gasteiger partial charge in [-0.2, -0.15) is 0 Å². The first kappa shape index (κ1) is 16.5. The zero-order valence-corrected chi connectivity index (χ0v) is 13.3. The number of imide groups is 1. The first-order valence-corrected chi connectivity index (χ1v) is 9.00. The number of hydrogen-bond acceptors (Lipinski definition) is 5. The fraction of sp³-hybridized carbons (Fsp3) is 0.467. The van der Waals surface area contributed by atoms with Gasteiger partial charge in [-0.15, -0.1) is 0 Å². The van der Waals surface area contributed by atoms with Gasteiger partial charge in [-0.3, -0.25) is 14.5 Å². The SMILES string of the molecule is CC(=O)N(C(=O)CC1CCS(=O)(=O)CC1)c1cccc(N)c1. The second-order valence-corrected chi connectivity index (χ2v) is 7.95. The minimum absolute atomic E-state index is 0.000987. The summed E-state index contributed by atoms with van der Waals surface area (Å²) in [4.78, 5) is 25.4. The van der Waals surface area contributed by atoms with Crippen LogP contribution in [0.1, 0.15) is 26.2 Å². The van der Waals surface area contributed by atoms with Crippen LogP contribution in [-0.2, 0) is 19.4 Å². The van der Waals surface area contributed by atoms with Crippen molar-refractivity contribution in [1.82, 2.24) is 0 Å². The summed E-state index contributed by atoms with van der Waals surface area (Å²) in [6.07, 6.45) is 1.11. The maximum atomic E-state index is 12.4. The van der Waals surface area contributed by atoms with Gasteiger partial charge in [0.05, 0.1) is 17.2 Å². The molecule has 0 saturated carbocycles. The molecule has 1 aliphatic heterocycles. The van der Waals surface area contributed by atoms with Gasteiger partial charge < -0.3 is 5.73 Å². The first-order chi connectivity index (χ1) is 10.3. The van der Waals surface area contributed by atoms with Gasteiger partial charge >= 0.3 is 0 Å². The van der Waals surface area contributed by atoms with Gasteiger partial charge in [0.25, 0.3) is 0 Å². The highest BCUT2D eigenvalue weighted by Crippen LogP contribution is 2.25. The van der Waals surface area contributed by atoms with E-state index in [1.165, 1.54) is 6.92 Å². The van der Waals surface area contributed by atoms with Crippen molar-refractivity contribution in [3.05, 3.63) is 24.3 Å². The van der Waals surface area contributed by atoms with E-state index in [2.05, 4.69) is 0 Å². The molecule has 1 fully saturated rings. The van der Waals surface area contributed by atoms with Crippen LogP contribution < -0.4 is 10.6 Å². The minimum atomic E-state index is -2.95. The molecule has 1 aliphatic rings. The number of rotatable bonds is 3. The van der Waals surface area contributed by atoms with E-state index in [4.69, 9.17) is 5.73 Å². The molecule has 1 saturated heterocycles. The van der Waals surface area contributed by atoms with Crippen LogP contribution in [0.5, 0.6) is 0 Å². The van der Waals surface area contributed by atoms with Crippen molar-refractivity contribution in [3.8, 4) is 0 Å². The van der Waals surface area contributed by atoms with Crippen molar-refractivity contribution in [1.29, 1.82) is 0 Å². The van der Waals surface area contributed by atoms with Crippen LogP contribution in [0, 0.1) is 5.92 Å². The molecule has 6 nitrogen and oxygen atoms in total. The highest BCUT2D eigenvalue weighted by molar-refractivity contribution is 7.91. The average molecular weight is 324 g/mol. The monoisotopic (exact) mass is 324 g/mol. The van der Waals surface area contributed by atoms with Crippen LogP contribution in [0.2, 0.25) is 0 Å². The van der Waals surface area contributed by atoms with Crippen molar-refractivity contribution in [3.63, 3.8) is 0 Å². The molecular formula is C15H20N2O4S. The molecule has 7 heteroatoms. The van der Waals surface area contributed by atoms with Gasteiger partial charge in [-0.1, -0.05) is 6.07 Å². The summed E-state index contributed by atoms with van der Waals surface area (Å²) in [7, 11) is -2.95. The molecule has 2 rings (SSSR count). The van der Waals surface area contributed by atoms with Crippen LogP contribution in [0.4, 0.5) is 11.4 Å². The van der Waals surface area contributed by atoms with Crippen LogP contribution >= 0.6 is 0 Å². The molecule has 1 heterocycles. The lowest BCUT2D eigenvalue weighted by Gasteiger charge is -2.25.